The number of allylic oxidation sites excluding steroid dienone is 1. The highest BCUT2D eigenvalue weighted by Gasteiger charge is 2.57. The minimum absolute atomic E-state index is 0.354. The van der Waals surface area contributed by atoms with Gasteiger partial charge in [-0.05, 0) is 31.0 Å². The van der Waals surface area contributed by atoms with Crippen LogP contribution in [0.1, 0.15) is 24.8 Å². The van der Waals surface area contributed by atoms with Crippen molar-refractivity contribution >= 4 is 11.6 Å². The summed E-state index contributed by atoms with van der Waals surface area (Å²) in [5.41, 5.74) is 4.82. The number of methoxy groups -OCH3 is 1. The fourth-order valence-electron chi connectivity index (χ4n) is 4.29. The molecular weight excluding hydrogens is 421 g/mol. The average molecular weight is 446 g/mol. The van der Waals surface area contributed by atoms with Gasteiger partial charge in [-0.3, -0.25) is 9.80 Å². The zero-order chi connectivity index (χ0) is 22.9. The van der Waals surface area contributed by atoms with Crippen LogP contribution in [0.3, 0.4) is 0 Å². The third kappa shape index (κ3) is 4.25. The van der Waals surface area contributed by atoms with Gasteiger partial charge in [-0.25, -0.2) is 5.43 Å². The van der Waals surface area contributed by atoms with Crippen LogP contribution in [0.5, 0.6) is 5.75 Å². The van der Waals surface area contributed by atoms with E-state index in [1.807, 2.05) is 24.3 Å². The summed E-state index contributed by atoms with van der Waals surface area (Å²) in [5, 5.41) is 7.47. The number of carbonyl (C=O) groups is 1. The molecule has 1 fully saturated rings. The summed E-state index contributed by atoms with van der Waals surface area (Å²) in [7, 11) is 1.58. The highest BCUT2D eigenvalue weighted by Crippen LogP contribution is 2.41. The third-order valence-corrected chi connectivity index (χ3v) is 5.86. The summed E-state index contributed by atoms with van der Waals surface area (Å²) in [6, 6.07) is 14.0. The Morgan fingerprint density at radius 1 is 1.12 bits per heavy atom. The van der Waals surface area contributed by atoms with Crippen LogP contribution in [0.4, 0.5) is 18.9 Å². The maximum Gasteiger partial charge on any atom is 0.406 e. The van der Waals surface area contributed by atoms with Gasteiger partial charge in [-0.1, -0.05) is 36.4 Å². The third-order valence-electron chi connectivity index (χ3n) is 5.86. The van der Waals surface area contributed by atoms with Crippen LogP contribution in [0.15, 0.2) is 65.9 Å². The number of hydrogen-bond donors (Lipinski definition) is 3. The molecule has 32 heavy (non-hydrogen) atoms. The van der Waals surface area contributed by atoms with Crippen LogP contribution < -0.4 is 20.8 Å². The molecule has 4 rings (SSSR count). The van der Waals surface area contributed by atoms with Gasteiger partial charge < -0.3 is 15.4 Å². The normalized spacial score (nSPS) is 23.1. The van der Waals surface area contributed by atoms with E-state index in [1.54, 1.807) is 44.4 Å². The molecule has 3 atom stereocenters. The number of rotatable bonds is 6. The maximum absolute atomic E-state index is 13.8. The number of halogens is 3. The molecule has 9 heteroatoms. The summed E-state index contributed by atoms with van der Waals surface area (Å²) >= 11 is 0. The molecule has 1 saturated heterocycles. The van der Waals surface area contributed by atoms with E-state index in [-0.39, 0.29) is 0 Å². The van der Waals surface area contributed by atoms with E-state index in [2.05, 4.69) is 16.1 Å². The van der Waals surface area contributed by atoms with E-state index in [0.29, 0.717) is 35.5 Å². The lowest BCUT2D eigenvalue weighted by Gasteiger charge is -2.35. The van der Waals surface area contributed by atoms with E-state index in [9.17, 15) is 18.0 Å². The molecule has 6 nitrogen and oxygen atoms in total. The van der Waals surface area contributed by atoms with E-state index < -0.39 is 30.2 Å². The lowest BCUT2D eigenvalue weighted by molar-refractivity contribution is -0.161. The van der Waals surface area contributed by atoms with Gasteiger partial charge >= 0.3 is 6.18 Å². The smallest absolute Gasteiger partial charge is 0.406 e. The highest BCUT2D eigenvalue weighted by atomic mass is 19.4. The average Bonchev–Trinajstić information content (AvgIpc) is 3.17. The molecule has 0 bridgehead atoms. The van der Waals surface area contributed by atoms with Crippen LogP contribution in [-0.2, 0) is 4.79 Å². The molecular formula is C23H25F3N4O2. The highest BCUT2D eigenvalue weighted by molar-refractivity contribution is 5.95. The van der Waals surface area contributed by atoms with Gasteiger partial charge in [-0.2, -0.15) is 13.2 Å². The molecule has 2 aliphatic rings. The van der Waals surface area contributed by atoms with Gasteiger partial charge in [-0.15, -0.1) is 0 Å². The lowest BCUT2D eigenvalue weighted by atomic mass is 9.89. The summed E-state index contributed by atoms with van der Waals surface area (Å²) < 4.78 is 46.7. The van der Waals surface area contributed by atoms with E-state index in [0.717, 1.165) is 10.7 Å². The van der Waals surface area contributed by atoms with E-state index in [1.165, 1.54) is 0 Å². The van der Waals surface area contributed by atoms with Crippen molar-refractivity contribution < 1.29 is 22.7 Å². The van der Waals surface area contributed by atoms with Gasteiger partial charge in [0.2, 0.25) is 0 Å². The maximum atomic E-state index is 13.8. The Morgan fingerprint density at radius 2 is 1.88 bits per heavy atom. The standard InChI is InChI=1S/C23H25F3N4O2/c1-14-18(11-12-27-16-9-6-10-17(13-16)32-2)22(31)30-21(28-14)19(15-7-4-3-5-8-15)20(29-30)23(24,25)26/h3-10,13,19-21,27-29H,11-12H2,1-2H3. The zero-order valence-corrected chi connectivity index (χ0v) is 17.7. The molecule has 0 saturated carbocycles. The molecule has 3 unspecified atom stereocenters. The second-order valence-electron chi connectivity index (χ2n) is 7.86. The van der Waals surface area contributed by atoms with Gasteiger partial charge in [0.25, 0.3) is 5.91 Å². The van der Waals surface area contributed by atoms with E-state index >= 15 is 0 Å². The number of alkyl halides is 3. The number of carbonyl (C=O) groups excluding carboxylic acids is 1. The van der Waals surface area contributed by atoms with Gasteiger partial charge in [0.05, 0.1) is 13.0 Å². The number of nitrogens with zero attached hydrogens (tertiary/aromatic N) is 1. The van der Waals surface area contributed by atoms with Crippen LogP contribution >= 0.6 is 0 Å². The fourth-order valence-corrected chi connectivity index (χ4v) is 4.29. The Labute approximate surface area is 184 Å². The van der Waals surface area contributed by atoms with Crippen molar-refractivity contribution in [2.24, 2.45) is 0 Å². The van der Waals surface area contributed by atoms with Gasteiger partial charge in [0, 0.05) is 29.6 Å². The topological polar surface area (TPSA) is 65.6 Å². The number of hydrazine groups is 1. The molecule has 1 amide bonds. The molecule has 170 valence electrons. The first-order chi connectivity index (χ1) is 15.3. The Morgan fingerprint density at radius 3 is 2.56 bits per heavy atom. The minimum atomic E-state index is -4.51. The Kier molecular flexibility index (Phi) is 6.01. The molecule has 0 radical (unpaired) electrons. The first-order valence-corrected chi connectivity index (χ1v) is 10.3. The van der Waals surface area contributed by atoms with E-state index in [4.69, 9.17) is 4.74 Å². The quantitative estimate of drug-likeness (QED) is 0.631. The second-order valence-corrected chi connectivity index (χ2v) is 7.86. The number of benzene rings is 2. The molecule has 3 N–H and O–H groups in total. The van der Waals surface area contributed by atoms with Crippen molar-refractivity contribution in [2.75, 3.05) is 19.0 Å². The Balaban J connectivity index is 1.52. The number of nitrogens with one attached hydrogen (secondary N) is 3. The van der Waals surface area contributed by atoms with Crippen LogP contribution in [0.2, 0.25) is 0 Å². The largest absolute Gasteiger partial charge is 0.497 e. The molecule has 2 heterocycles. The first-order valence-electron chi connectivity index (χ1n) is 10.3. The lowest BCUT2D eigenvalue weighted by Crippen LogP contribution is -2.55. The Bertz CT molecular complexity index is 1010. The minimum Gasteiger partial charge on any atom is -0.497 e. The van der Waals surface area contributed by atoms with Crippen LogP contribution in [-0.4, -0.2) is 43.0 Å². The van der Waals surface area contributed by atoms with Gasteiger partial charge in [0.1, 0.15) is 18.0 Å². The molecule has 0 aliphatic carbocycles. The monoisotopic (exact) mass is 446 g/mol. The van der Waals surface area contributed by atoms with Crippen molar-refractivity contribution in [1.29, 1.82) is 0 Å². The predicted octanol–water partition coefficient (Wildman–Crippen LogP) is 3.76. The number of anilines is 1. The van der Waals surface area contributed by atoms with Crippen molar-refractivity contribution in [3.8, 4) is 5.75 Å². The molecule has 0 spiro atoms. The molecule has 2 aliphatic heterocycles. The van der Waals surface area contributed by atoms with Gasteiger partial charge in [0.15, 0.2) is 0 Å². The fraction of sp³-hybridized carbons (Fsp3) is 0.348. The summed E-state index contributed by atoms with van der Waals surface area (Å²) in [4.78, 5) is 13.2. The number of fused-ring (bicyclic) bond motifs is 1. The predicted molar refractivity (Wildman–Crippen MR) is 115 cm³/mol. The van der Waals surface area contributed by atoms with Crippen LogP contribution in [0.25, 0.3) is 0 Å². The van der Waals surface area contributed by atoms with Crippen molar-refractivity contribution in [1.82, 2.24) is 15.8 Å². The van der Waals surface area contributed by atoms with Crippen molar-refractivity contribution in [2.45, 2.75) is 37.6 Å². The first kappa shape index (κ1) is 22.0. The molecule has 2 aromatic rings. The molecule has 2 aromatic carbocycles. The second kappa shape index (κ2) is 8.74. The SMILES string of the molecule is COc1cccc(NCCC2=C(C)NC3C(c4ccccc4)C(C(F)(F)F)NN3C2=O)c1. The van der Waals surface area contributed by atoms with Crippen molar-refractivity contribution in [3.63, 3.8) is 0 Å². The number of amides is 1. The number of hydrogen-bond acceptors (Lipinski definition) is 5. The van der Waals surface area contributed by atoms with Crippen LogP contribution in [0, 0.1) is 0 Å². The molecule has 0 aromatic heterocycles. The number of ether oxygens (including phenoxy) is 1. The van der Waals surface area contributed by atoms with Crippen molar-refractivity contribution in [3.05, 3.63) is 71.4 Å². The summed E-state index contributed by atoms with van der Waals surface area (Å²) in [5.74, 6) is -0.701. The summed E-state index contributed by atoms with van der Waals surface area (Å²) in [6.45, 7) is 2.18. The Hall–Kier alpha value is -3.20. The zero-order valence-electron chi connectivity index (χ0n) is 17.7. The summed E-state index contributed by atoms with van der Waals surface area (Å²) in [6.07, 6.45) is -4.99.